The van der Waals surface area contributed by atoms with E-state index in [-0.39, 0.29) is 0 Å². The SMILES string of the molecule is Cc1ccncc1C1(O)CCCOCC1. The van der Waals surface area contributed by atoms with E-state index in [0.717, 1.165) is 30.6 Å². The molecule has 3 nitrogen and oxygen atoms in total. The summed E-state index contributed by atoms with van der Waals surface area (Å²) >= 11 is 0. The first kappa shape index (κ1) is 10.6. The molecule has 2 rings (SSSR count). The third-order valence-corrected chi connectivity index (χ3v) is 3.08. The van der Waals surface area contributed by atoms with Gasteiger partial charge in [0.05, 0.1) is 5.60 Å². The van der Waals surface area contributed by atoms with Crippen LogP contribution >= 0.6 is 0 Å². The molecule has 1 unspecified atom stereocenters. The average Bonchev–Trinajstić information content (AvgIpc) is 2.44. The monoisotopic (exact) mass is 207 g/mol. The summed E-state index contributed by atoms with van der Waals surface area (Å²) in [6.45, 7) is 3.40. The molecule has 0 spiro atoms. The van der Waals surface area contributed by atoms with E-state index in [1.807, 2.05) is 13.0 Å². The second kappa shape index (κ2) is 4.29. The lowest BCUT2D eigenvalue weighted by Gasteiger charge is -2.27. The molecule has 1 aromatic rings. The van der Waals surface area contributed by atoms with Gasteiger partial charge >= 0.3 is 0 Å². The van der Waals surface area contributed by atoms with Crippen LogP contribution in [0.5, 0.6) is 0 Å². The van der Waals surface area contributed by atoms with Crippen LogP contribution in [-0.4, -0.2) is 23.3 Å². The number of aryl methyl sites for hydroxylation is 1. The van der Waals surface area contributed by atoms with E-state index in [1.54, 1.807) is 12.4 Å². The summed E-state index contributed by atoms with van der Waals surface area (Å²) in [5, 5.41) is 10.6. The zero-order valence-corrected chi connectivity index (χ0v) is 9.07. The molecular formula is C12H17NO2. The molecule has 0 bridgehead atoms. The molecule has 2 heterocycles. The van der Waals surface area contributed by atoms with Gasteiger partial charge in [-0.25, -0.2) is 0 Å². The molecule has 1 atom stereocenters. The Labute approximate surface area is 90.1 Å². The number of hydrogen-bond donors (Lipinski definition) is 1. The van der Waals surface area contributed by atoms with Crippen molar-refractivity contribution < 1.29 is 9.84 Å². The number of hydrogen-bond acceptors (Lipinski definition) is 3. The first-order valence-corrected chi connectivity index (χ1v) is 5.44. The molecule has 1 aliphatic rings. The predicted molar refractivity (Wildman–Crippen MR) is 57.5 cm³/mol. The van der Waals surface area contributed by atoms with Crippen molar-refractivity contribution in [3.63, 3.8) is 0 Å². The third-order valence-electron chi connectivity index (χ3n) is 3.08. The van der Waals surface area contributed by atoms with E-state index >= 15 is 0 Å². The first-order chi connectivity index (χ1) is 7.22. The Balaban J connectivity index is 2.30. The predicted octanol–water partition coefficient (Wildman–Crippen LogP) is 1.78. The molecule has 3 heteroatoms. The quantitative estimate of drug-likeness (QED) is 0.763. The maximum Gasteiger partial charge on any atom is 0.0936 e. The van der Waals surface area contributed by atoms with Crippen molar-refractivity contribution in [2.75, 3.05) is 13.2 Å². The van der Waals surface area contributed by atoms with Crippen molar-refractivity contribution in [1.82, 2.24) is 4.98 Å². The maximum atomic E-state index is 10.6. The van der Waals surface area contributed by atoms with Crippen LogP contribution in [0.15, 0.2) is 18.5 Å². The molecule has 0 aromatic carbocycles. The summed E-state index contributed by atoms with van der Waals surface area (Å²) < 4.78 is 5.37. The standard InChI is InChI=1S/C12H17NO2/c1-10-3-6-13-9-11(10)12(14)4-2-7-15-8-5-12/h3,6,9,14H,2,4-5,7-8H2,1H3. The van der Waals surface area contributed by atoms with Crippen molar-refractivity contribution in [3.05, 3.63) is 29.6 Å². The van der Waals surface area contributed by atoms with Crippen molar-refractivity contribution in [2.45, 2.75) is 31.8 Å². The van der Waals surface area contributed by atoms with Crippen molar-refractivity contribution in [3.8, 4) is 0 Å². The van der Waals surface area contributed by atoms with Gasteiger partial charge in [-0.2, -0.15) is 0 Å². The number of aliphatic hydroxyl groups is 1. The summed E-state index contributed by atoms with van der Waals surface area (Å²) in [4.78, 5) is 4.10. The van der Waals surface area contributed by atoms with Gasteiger partial charge in [-0.15, -0.1) is 0 Å². The van der Waals surface area contributed by atoms with Gasteiger partial charge in [0.25, 0.3) is 0 Å². The zero-order chi connectivity index (χ0) is 10.7. The zero-order valence-electron chi connectivity index (χ0n) is 9.07. The average molecular weight is 207 g/mol. The Morgan fingerprint density at radius 1 is 1.40 bits per heavy atom. The Kier molecular flexibility index (Phi) is 3.03. The van der Waals surface area contributed by atoms with E-state index < -0.39 is 5.60 Å². The number of ether oxygens (including phenoxy) is 1. The lowest BCUT2D eigenvalue weighted by Crippen LogP contribution is -2.27. The van der Waals surface area contributed by atoms with E-state index in [1.165, 1.54) is 0 Å². The smallest absolute Gasteiger partial charge is 0.0936 e. The van der Waals surface area contributed by atoms with Crippen LogP contribution in [0.2, 0.25) is 0 Å². The molecule has 0 aliphatic carbocycles. The fourth-order valence-corrected chi connectivity index (χ4v) is 2.16. The fourth-order valence-electron chi connectivity index (χ4n) is 2.16. The number of pyridine rings is 1. The Morgan fingerprint density at radius 3 is 3.07 bits per heavy atom. The summed E-state index contributed by atoms with van der Waals surface area (Å²) in [6, 6.07) is 1.94. The summed E-state index contributed by atoms with van der Waals surface area (Å²) in [5.41, 5.74) is 1.32. The Bertz CT molecular complexity index is 330. The highest BCUT2D eigenvalue weighted by molar-refractivity contribution is 5.28. The lowest BCUT2D eigenvalue weighted by molar-refractivity contribution is 0.0135. The van der Waals surface area contributed by atoms with Gasteiger partial charge in [0.1, 0.15) is 0 Å². The normalized spacial score (nSPS) is 27.3. The third kappa shape index (κ3) is 2.19. The van der Waals surface area contributed by atoms with Crippen LogP contribution < -0.4 is 0 Å². The number of aromatic nitrogens is 1. The molecule has 1 fully saturated rings. The molecule has 15 heavy (non-hydrogen) atoms. The van der Waals surface area contributed by atoms with Gasteiger partial charge in [0, 0.05) is 37.6 Å². The van der Waals surface area contributed by atoms with Gasteiger partial charge in [-0.05, 0) is 31.4 Å². The second-order valence-corrected chi connectivity index (χ2v) is 4.19. The minimum absolute atomic E-state index is 0.630. The minimum Gasteiger partial charge on any atom is -0.385 e. The first-order valence-electron chi connectivity index (χ1n) is 5.44. The van der Waals surface area contributed by atoms with Crippen LogP contribution in [0.25, 0.3) is 0 Å². The Morgan fingerprint density at radius 2 is 2.27 bits per heavy atom. The van der Waals surface area contributed by atoms with E-state index in [2.05, 4.69) is 4.98 Å². The van der Waals surface area contributed by atoms with E-state index in [4.69, 9.17) is 4.74 Å². The minimum atomic E-state index is -0.741. The van der Waals surface area contributed by atoms with Gasteiger partial charge in [-0.3, -0.25) is 4.98 Å². The molecule has 0 radical (unpaired) electrons. The lowest BCUT2D eigenvalue weighted by atomic mass is 9.85. The van der Waals surface area contributed by atoms with E-state index in [0.29, 0.717) is 13.0 Å². The molecule has 1 aliphatic heterocycles. The highest BCUT2D eigenvalue weighted by Gasteiger charge is 2.31. The van der Waals surface area contributed by atoms with Crippen LogP contribution in [0.3, 0.4) is 0 Å². The maximum absolute atomic E-state index is 10.6. The summed E-state index contributed by atoms with van der Waals surface area (Å²) in [6.07, 6.45) is 5.87. The van der Waals surface area contributed by atoms with Crippen LogP contribution in [0.1, 0.15) is 30.4 Å². The van der Waals surface area contributed by atoms with Crippen molar-refractivity contribution >= 4 is 0 Å². The van der Waals surface area contributed by atoms with Gasteiger partial charge in [0.2, 0.25) is 0 Å². The van der Waals surface area contributed by atoms with Crippen molar-refractivity contribution in [1.29, 1.82) is 0 Å². The highest BCUT2D eigenvalue weighted by Crippen LogP contribution is 2.33. The molecule has 0 saturated carbocycles. The molecule has 82 valence electrons. The molecular weight excluding hydrogens is 190 g/mol. The largest absolute Gasteiger partial charge is 0.385 e. The number of nitrogens with zero attached hydrogens (tertiary/aromatic N) is 1. The molecule has 1 N–H and O–H groups in total. The molecule has 1 aromatic heterocycles. The van der Waals surface area contributed by atoms with Crippen LogP contribution in [0.4, 0.5) is 0 Å². The summed E-state index contributed by atoms with van der Waals surface area (Å²) in [7, 11) is 0. The van der Waals surface area contributed by atoms with E-state index in [9.17, 15) is 5.11 Å². The Hall–Kier alpha value is -0.930. The van der Waals surface area contributed by atoms with Crippen molar-refractivity contribution in [2.24, 2.45) is 0 Å². The van der Waals surface area contributed by atoms with Gasteiger partial charge in [0.15, 0.2) is 0 Å². The fraction of sp³-hybridized carbons (Fsp3) is 0.583. The molecule has 0 amide bonds. The van der Waals surface area contributed by atoms with Crippen LogP contribution in [-0.2, 0) is 10.3 Å². The highest BCUT2D eigenvalue weighted by atomic mass is 16.5. The topological polar surface area (TPSA) is 42.4 Å². The molecule has 1 saturated heterocycles. The number of rotatable bonds is 1. The summed E-state index contributed by atoms with van der Waals surface area (Å²) in [5.74, 6) is 0. The van der Waals surface area contributed by atoms with Crippen LogP contribution in [0, 0.1) is 6.92 Å². The van der Waals surface area contributed by atoms with Gasteiger partial charge in [-0.1, -0.05) is 0 Å². The van der Waals surface area contributed by atoms with Gasteiger partial charge < -0.3 is 9.84 Å². The second-order valence-electron chi connectivity index (χ2n) is 4.19.